The Bertz CT molecular complexity index is 519. The Morgan fingerprint density at radius 1 is 1.32 bits per heavy atom. The van der Waals surface area contributed by atoms with Crippen molar-refractivity contribution in [1.29, 1.82) is 0 Å². The molecule has 2 amide bonds. The first-order chi connectivity index (χ1) is 9.22. The summed E-state index contributed by atoms with van der Waals surface area (Å²) in [5.74, 6) is 1.11. The van der Waals surface area contributed by atoms with E-state index in [-0.39, 0.29) is 24.6 Å². The summed E-state index contributed by atoms with van der Waals surface area (Å²) >= 11 is 0. The molecule has 0 bridgehead atoms. The van der Waals surface area contributed by atoms with Crippen LogP contribution in [0.3, 0.4) is 0 Å². The fourth-order valence-corrected chi connectivity index (χ4v) is 2.16. The van der Waals surface area contributed by atoms with Gasteiger partial charge in [0.1, 0.15) is 0 Å². The van der Waals surface area contributed by atoms with E-state index in [1.165, 1.54) is 0 Å². The van der Waals surface area contributed by atoms with Crippen molar-refractivity contribution in [1.82, 2.24) is 10.6 Å². The lowest BCUT2D eigenvalue weighted by Crippen LogP contribution is -2.47. The number of carbonyl (C=O) groups excluding carboxylic acids is 2. The molecule has 6 nitrogen and oxygen atoms in total. The Hall–Kier alpha value is -2.24. The minimum absolute atomic E-state index is 0.0179. The minimum Gasteiger partial charge on any atom is -0.454 e. The first kappa shape index (κ1) is 11.8. The molecule has 2 aliphatic heterocycles. The van der Waals surface area contributed by atoms with Gasteiger partial charge in [-0.1, -0.05) is 0 Å². The average molecular weight is 262 g/mol. The lowest BCUT2D eigenvalue weighted by Gasteiger charge is -2.23. The van der Waals surface area contributed by atoms with Gasteiger partial charge in [0.2, 0.25) is 12.7 Å². The predicted octanol–water partition coefficient (Wildman–Crippen LogP) is 0.424. The summed E-state index contributed by atoms with van der Waals surface area (Å²) < 4.78 is 10.4. The van der Waals surface area contributed by atoms with E-state index in [1.807, 2.05) is 0 Å². The Balaban J connectivity index is 1.65. The first-order valence-electron chi connectivity index (χ1n) is 6.19. The molecule has 2 N–H and O–H groups in total. The molecule has 0 spiro atoms. The highest BCUT2D eigenvalue weighted by molar-refractivity contribution is 5.95. The van der Waals surface area contributed by atoms with Crippen LogP contribution in [0.2, 0.25) is 0 Å². The van der Waals surface area contributed by atoms with Crippen molar-refractivity contribution in [2.24, 2.45) is 0 Å². The number of benzene rings is 1. The number of carbonyl (C=O) groups is 2. The molecule has 100 valence electrons. The highest BCUT2D eigenvalue weighted by Crippen LogP contribution is 2.32. The molecule has 0 saturated carbocycles. The number of hydrogen-bond acceptors (Lipinski definition) is 4. The van der Waals surface area contributed by atoms with Crippen LogP contribution in [0.5, 0.6) is 11.5 Å². The van der Waals surface area contributed by atoms with Crippen LogP contribution < -0.4 is 20.1 Å². The van der Waals surface area contributed by atoms with E-state index in [0.29, 0.717) is 36.4 Å². The van der Waals surface area contributed by atoms with Gasteiger partial charge in [-0.2, -0.15) is 0 Å². The van der Waals surface area contributed by atoms with Gasteiger partial charge in [-0.15, -0.1) is 0 Å². The third-order valence-corrected chi connectivity index (χ3v) is 3.24. The molecule has 3 rings (SSSR count). The molecular weight excluding hydrogens is 248 g/mol. The smallest absolute Gasteiger partial charge is 0.251 e. The summed E-state index contributed by atoms with van der Waals surface area (Å²) in [6, 6.07) is 5.07. The fraction of sp³-hybridized carbons (Fsp3) is 0.385. The molecule has 6 heteroatoms. The zero-order chi connectivity index (χ0) is 13.2. The molecule has 1 aromatic rings. The Labute approximate surface area is 110 Å². The van der Waals surface area contributed by atoms with E-state index >= 15 is 0 Å². The van der Waals surface area contributed by atoms with Gasteiger partial charge in [-0.05, 0) is 24.6 Å². The molecular formula is C13H14N2O4. The van der Waals surface area contributed by atoms with Crippen LogP contribution in [0.15, 0.2) is 18.2 Å². The van der Waals surface area contributed by atoms with Crippen molar-refractivity contribution in [2.45, 2.75) is 18.9 Å². The lowest BCUT2D eigenvalue weighted by atomic mass is 10.1. The van der Waals surface area contributed by atoms with Crippen LogP contribution in [0, 0.1) is 0 Å². The number of nitrogens with one attached hydrogen (secondary N) is 2. The summed E-state index contributed by atoms with van der Waals surface area (Å²) in [5, 5.41) is 5.63. The van der Waals surface area contributed by atoms with E-state index in [9.17, 15) is 9.59 Å². The van der Waals surface area contributed by atoms with Crippen molar-refractivity contribution >= 4 is 11.8 Å². The van der Waals surface area contributed by atoms with Crippen LogP contribution in [0.4, 0.5) is 0 Å². The molecule has 0 aliphatic carbocycles. The molecule has 1 atom stereocenters. The highest BCUT2D eigenvalue weighted by atomic mass is 16.7. The first-order valence-corrected chi connectivity index (χ1v) is 6.19. The minimum atomic E-state index is -0.167. The van der Waals surface area contributed by atoms with Gasteiger partial charge in [0, 0.05) is 24.6 Å². The van der Waals surface area contributed by atoms with E-state index in [1.54, 1.807) is 18.2 Å². The van der Waals surface area contributed by atoms with E-state index in [4.69, 9.17) is 9.47 Å². The SMILES string of the molecule is O=C1CCC(NC(=O)c2ccc3c(c2)OCO3)CN1. The molecule has 1 saturated heterocycles. The van der Waals surface area contributed by atoms with Crippen molar-refractivity contribution in [3.63, 3.8) is 0 Å². The zero-order valence-corrected chi connectivity index (χ0v) is 10.3. The van der Waals surface area contributed by atoms with Crippen molar-refractivity contribution in [3.8, 4) is 11.5 Å². The van der Waals surface area contributed by atoms with Crippen LogP contribution >= 0.6 is 0 Å². The second-order valence-corrected chi connectivity index (χ2v) is 4.58. The second kappa shape index (κ2) is 4.79. The maximum absolute atomic E-state index is 12.1. The standard InChI is InChI=1S/C13H14N2O4/c16-12-4-2-9(6-14-12)15-13(17)8-1-3-10-11(5-8)19-7-18-10/h1,3,5,9H,2,4,6-7H2,(H,14,16)(H,15,17). The van der Waals surface area contributed by atoms with Gasteiger partial charge in [-0.25, -0.2) is 0 Å². The fourth-order valence-electron chi connectivity index (χ4n) is 2.16. The molecule has 2 aliphatic rings. The Morgan fingerprint density at radius 2 is 2.16 bits per heavy atom. The molecule has 1 aromatic carbocycles. The number of rotatable bonds is 2. The maximum atomic E-state index is 12.1. The monoisotopic (exact) mass is 262 g/mol. The van der Waals surface area contributed by atoms with Gasteiger partial charge >= 0.3 is 0 Å². The van der Waals surface area contributed by atoms with Crippen molar-refractivity contribution in [3.05, 3.63) is 23.8 Å². The Morgan fingerprint density at radius 3 is 2.95 bits per heavy atom. The van der Waals surface area contributed by atoms with Crippen molar-refractivity contribution in [2.75, 3.05) is 13.3 Å². The number of piperidine rings is 1. The van der Waals surface area contributed by atoms with Gasteiger partial charge in [0.15, 0.2) is 11.5 Å². The van der Waals surface area contributed by atoms with Crippen molar-refractivity contribution < 1.29 is 19.1 Å². The van der Waals surface area contributed by atoms with Gasteiger partial charge in [-0.3, -0.25) is 9.59 Å². The second-order valence-electron chi connectivity index (χ2n) is 4.58. The number of amides is 2. The van der Waals surface area contributed by atoms with Crippen LogP contribution in [0.1, 0.15) is 23.2 Å². The Kier molecular flexibility index (Phi) is 2.98. The maximum Gasteiger partial charge on any atom is 0.251 e. The summed E-state index contributed by atoms with van der Waals surface area (Å²) in [6.07, 6.45) is 1.12. The molecule has 0 radical (unpaired) electrons. The van der Waals surface area contributed by atoms with Gasteiger partial charge in [0.25, 0.3) is 5.91 Å². The number of hydrogen-bond donors (Lipinski definition) is 2. The third kappa shape index (κ3) is 2.47. The summed E-state index contributed by atoms with van der Waals surface area (Å²) in [7, 11) is 0. The topological polar surface area (TPSA) is 76.7 Å². The summed E-state index contributed by atoms with van der Waals surface area (Å²) in [5.41, 5.74) is 0.529. The lowest BCUT2D eigenvalue weighted by molar-refractivity contribution is -0.122. The average Bonchev–Trinajstić information content (AvgIpc) is 2.88. The summed E-state index contributed by atoms with van der Waals surface area (Å²) in [4.78, 5) is 23.1. The number of ether oxygens (including phenoxy) is 2. The van der Waals surface area contributed by atoms with Crippen LogP contribution in [-0.4, -0.2) is 31.2 Å². The van der Waals surface area contributed by atoms with Crippen LogP contribution in [0.25, 0.3) is 0 Å². The molecule has 1 unspecified atom stereocenters. The molecule has 19 heavy (non-hydrogen) atoms. The largest absolute Gasteiger partial charge is 0.454 e. The van der Waals surface area contributed by atoms with Gasteiger partial charge < -0.3 is 20.1 Å². The molecule has 2 heterocycles. The quantitative estimate of drug-likeness (QED) is 0.810. The van der Waals surface area contributed by atoms with E-state index < -0.39 is 0 Å². The van der Waals surface area contributed by atoms with Crippen LogP contribution in [-0.2, 0) is 4.79 Å². The van der Waals surface area contributed by atoms with E-state index in [0.717, 1.165) is 0 Å². The third-order valence-electron chi connectivity index (χ3n) is 3.24. The summed E-state index contributed by atoms with van der Waals surface area (Å²) in [6.45, 7) is 0.671. The highest BCUT2D eigenvalue weighted by Gasteiger charge is 2.21. The molecule has 1 fully saturated rings. The predicted molar refractivity (Wildman–Crippen MR) is 66.1 cm³/mol. The normalized spacial score (nSPS) is 20.8. The number of fused-ring (bicyclic) bond motifs is 1. The van der Waals surface area contributed by atoms with Gasteiger partial charge in [0.05, 0.1) is 0 Å². The molecule has 0 aromatic heterocycles. The van der Waals surface area contributed by atoms with E-state index in [2.05, 4.69) is 10.6 Å². The zero-order valence-electron chi connectivity index (χ0n) is 10.3.